The molecule has 0 bridgehead atoms. The summed E-state index contributed by atoms with van der Waals surface area (Å²) in [6, 6.07) is -0.735. The summed E-state index contributed by atoms with van der Waals surface area (Å²) in [5.74, 6) is -0.217. The summed E-state index contributed by atoms with van der Waals surface area (Å²) in [5, 5.41) is 9.35. The highest BCUT2D eigenvalue weighted by molar-refractivity contribution is 8.00. The lowest BCUT2D eigenvalue weighted by atomic mass is 9.89. The minimum absolute atomic E-state index is 0.00753. The van der Waals surface area contributed by atoms with E-state index in [-0.39, 0.29) is 11.3 Å². The second-order valence-corrected chi connectivity index (χ2v) is 7.05. The number of hydrogen-bond acceptors (Lipinski definition) is 5. The van der Waals surface area contributed by atoms with E-state index in [9.17, 15) is 14.7 Å². The maximum atomic E-state index is 12.8. The number of carbonyl (C=O) groups excluding carboxylic acids is 1. The number of carbonyl (C=O) groups is 2. The van der Waals surface area contributed by atoms with Crippen molar-refractivity contribution in [3.05, 3.63) is 0 Å². The van der Waals surface area contributed by atoms with Crippen molar-refractivity contribution in [3.8, 4) is 0 Å². The zero-order valence-electron chi connectivity index (χ0n) is 11.3. The maximum absolute atomic E-state index is 12.8. The molecule has 112 valence electrons. The van der Waals surface area contributed by atoms with Gasteiger partial charge in [-0.25, -0.2) is 4.79 Å². The third-order valence-corrected chi connectivity index (χ3v) is 5.85. The van der Waals surface area contributed by atoms with Crippen molar-refractivity contribution in [2.75, 3.05) is 19.0 Å². The molecule has 2 aliphatic heterocycles. The van der Waals surface area contributed by atoms with Gasteiger partial charge in [-0.05, 0) is 31.6 Å². The van der Waals surface area contributed by atoms with Crippen molar-refractivity contribution in [3.63, 3.8) is 0 Å². The Morgan fingerprint density at radius 3 is 2.50 bits per heavy atom. The first-order valence-corrected chi connectivity index (χ1v) is 8.11. The molecule has 3 N–H and O–H groups in total. The second kappa shape index (κ2) is 5.20. The van der Waals surface area contributed by atoms with E-state index < -0.39 is 17.6 Å². The Labute approximate surface area is 122 Å². The molecule has 0 spiro atoms. The summed E-state index contributed by atoms with van der Waals surface area (Å²) in [6.45, 7) is 0.935. The number of ether oxygens (including phenoxy) is 1. The van der Waals surface area contributed by atoms with Crippen LogP contribution in [0.3, 0.4) is 0 Å². The van der Waals surface area contributed by atoms with Crippen LogP contribution in [0.4, 0.5) is 0 Å². The summed E-state index contributed by atoms with van der Waals surface area (Å²) < 4.78 is 5.27. The Morgan fingerprint density at radius 2 is 1.95 bits per heavy atom. The lowest BCUT2D eigenvalue weighted by Crippen LogP contribution is -2.61. The Bertz CT molecular complexity index is 421. The van der Waals surface area contributed by atoms with Gasteiger partial charge in [0.25, 0.3) is 0 Å². The van der Waals surface area contributed by atoms with Gasteiger partial charge in [-0.3, -0.25) is 4.79 Å². The standard InChI is InChI=1S/C13H20N2O4S/c14-13(3-5-19-6-4-13)12(18)15-9(11(16)17)7-20-10(15)8-1-2-8/h8-10H,1-7,14H2,(H,16,17). The van der Waals surface area contributed by atoms with Crippen LogP contribution in [0.25, 0.3) is 0 Å². The number of carboxylic acids is 1. The molecule has 0 radical (unpaired) electrons. The summed E-state index contributed by atoms with van der Waals surface area (Å²) in [4.78, 5) is 25.8. The molecule has 2 saturated heterocycles. The Morgan fingerprint density at radius 1 is 1.30 bits per heavy atom. The summed E-state index contributed by atoms with van der Waals surface area (Å²) in [5.41, 5.74) is 5.30. The van der Waals surface area contributed by atoms with Gasteiger partial charge >= 0.3 is 5.97 Å². The predicted octanol–water partition coefficient (Wildman–Crippen LogP) is 0.259. The van der Waals surface area contributed by atoms with Crippen molar-refractivity contribution in [1.29, 1.82) is 0 Å². The van der Waals surface area contributed by atoms with Gasteiger partial charge in [0, 0.05) is 19.0 Å². The summed E-state index contributed by atoms with van der Waals surface area (Å²) >= 11 is 1.59. The van der Waals surface area contributed by atoms with E-state index in [0.29, 0.717) is 37.7 Å². The maximum Gasteiger partial charge on any atom is 0.327 e. The number of aliphatic carboxylic acids is 1. The molecule has 1 aliphatic carbocycles. The van der Waals surface area contributed by atoms with Gasteiger partial charge in [0.1, 0.15) is 11.6 Å². The molecule has 20 heavy (non-hydrogen) atoms. The van der Waals surface area contributed by atoms with Crippen molar-refractivity contribution >= 4 is 23.6 Å². The SMILES string of the molecule is NC1(C(=O)N2C(C(=O)O)CSC2C2CC2)CCOCC1. The van der Waals surface area contributed by atoms with E-state index in [1.54, 1.807) is 16.7 Å². The molecule has 1 amide bonds. The highest BCUT2D eigenvalue weighted by atomic mass is 32.2. The fourth-order valence-corrected chi connectivity index (χ4v) is 4.56. The molecule has 7 heteroatoms. The van der Waals surface area contributed by atoms with Crippen LogP contribution in [0.2, 0.25) is 0 Å². The highest BCUT2D eigenvalue weighted by Crippen LogP contribution is 2.46. The van der Waals surface area contributed by atoms with Gasteiger partial charge in [0.15, 0.2) is 0 Å². The molecule has 2 atom stereocenters. The van der Waals surface area contributed by atoms with Crippen LogP contribution in [0.5, 0.6) is 0 Å². The lowest BCUT2D eigenvalue weighted by molar-refractivity contribution is -0.153. The van der Waals surface area contributed by atoms with Gasteiger partial charge in [0.2, 0.25) is 5.91 Å². The number of nitrogens with two attached hydrogens (primary N) is 1. The minimum Gasteiger partial charge on any atom is -0.480 e. The van der Waals surface area contributed by atoms with E-state index in [1.807, 2.05) is 0 Å². The molecule has 1 saturated carbocycles. The number of rotatable bonds is 3. The topological polar surface area (TPSA) is 92.9 Å². The Hall–Kier alpha value is -0.790. The number of hydrogen-bond donors (Lipinski definition) is 2. The Balaban J connectivity index is 1.83. The van der Waals surface area contributed by atoms with Crippen LogP contribution in [0, 0.1) is 5.92 Å². The highest BCUT2D eigenvalue weighted by Gasteiger charge is 2.52. The van der Waals surface area contributed by atoms with Crippen molar-refractivity contribution in [2.45, 2.75) is 42.6 Å². The smallest absolute Gasteiger partial charge is 0.327 e. The average molecular weight is 300 g/mol. The van der Waals surface area contributed by atoms with Crippen molar-refractivity contribution in [1.82, 2.24) is 4.90 Å². The third kappa shape index (κ3) is 2.42. The quantitative estimate of drug-likeness (QED) is 0.776. The van der Waals surface area contributed by atoms with E-state index in [4.69, 9.17) is 10.5 Å². The normalized spacial score (nSPS) is 33.1. The molecular formula is C13H20N2O4S. The van der Waals surface area contributed by atoms with E-state index in [1.165, 1.54) is 0 Å². The van der Waals surface area contributed by atoms with Gasteiger partial charge in [0.05, 0.1) is 5.37 Å². The number of carboxylic acid groups (broad SMARTS) is 1. The zero-order chi connectivity index (χ0) is 14.3. The van der Waals surface area contributed by atoms with Crippen LogP contribution in [-0.4, -0.2) is 57.8 Å². The van der Waals surface area contributed by atoms with Crippen molar-refractivity contribution < 1.29 is 19.4 Å². The molecule has 3 rings (SSSR count). The van der Waals surface area contributed by atoms with Crippen LogP contribution >= 0.6 is 11.8 Å². The lowest BCUT2D eigenvalue weighted by Gasteiger charge is -2.38. The molecule has 0 aromatic rings. The van der Waals surface area contributed by atoms with Crippen LogP contribution in [0.15, 0.2) is 0 Å². The van der Waals surface area contributed by atoms with Crippen LogP contribution in [0.1, 0.15) is 25.7 Å². The number of amides is 1. The van der Waals surface area contributed by atoms with Crippen LogP contribution in [-0.2, 0) is 14.3 Å². The summed E-state index contributed by atoms with van der Waals surface area (Å²) in [6.07, 6.45) is 3.09. The minimum atomic E-state index is -0.954. The Kier molecular flexibility index (Phi) is 3.68. The molecule has 0 aromatic heterocycles. The van der Waals surface area contributed by atoms with E-state index in [2.05, 4.69) is 0 Å². The fraction of sp³-hybridized carbons (Fsp3) is 0.846. The van der Waals surface area contributed by atoms with Gasteiger partial charge in [-0.15, -0.1) is 11.8 Å². The zero-order valence-corrected chi connectivity index (χ0v) is 12.1. The summed E-state index contributed by atoms with van der Waals surface area (Å²) in [7, 11) is 0. The first-order valence-electron chi connectivity index (χ1n) is 7.07. The fourth-order valence-electron chi connectivity index (χ4n) is 2.93. The molecule has 2 heterocycles. The molecule has 3 aliphatic rings. The molecule has 2 unspecified atom stereocenters. The van der Waals surface area contributed by atoms with E-state index in [0.717, 1.165) is 12.8 Å². The predicted molar refractivity (Wildman–Crippen MR) is 74.2 cm³/mol. The first kappa shape index (κ1) is 14.2. The molecular weight excluding hydrogens is 280 g/mol. The molecule has 6 nitrogen and oxygen atoms in total. The van der Waals surface area contributed by atoms with Crippen molar-refractivity contribution in [2.24, 2.45) is 11.7 Å². The van der Waals surface area contributed by atoms with E-state index >= 15 is 0 Å². The third-order valence-electron chi connectivity index (χ3n) is 4.39. The second-order valence-electron chi connectivity index (χ2n) is 5.90. The van der Waals surface area contributed by atoms with Crippen LogP contribution < -0.4 is 5.73 Å². The van der Waals surface area contributed by atoms with Gasteiger partial charge < -0.3 is 20.5 Å². The molecule has 3 fully saturated rings. The van der Waals surface area contributed by atoms with Gasteiger partial charge in [-0.2, -0.15) is 0 Å². The number of thioether (sulfide) groups is 1. The largest absolute Gasteiger partial charge is 0.480 e. The molecule has 0 aromatic carbocycles. The van der Waals surface area contributed by atoms with Gasteiger partial charge in [-0.1, -0.05) is 0 Å². The average Bonchev–Trinajstić information content (AvgIpc) is 3.17. The first-order chi connectivity index (χ1) is 9.53. The monoisotopic (exact) mass is 300 g/mol. The number of nitrogens with zero attached hydrogens (tertiary/aromatic N) is 1.